The van der Waals surface area contributed by atoms with Gasteiger partial charge >= 0.3 is 13.3 Å². The molecule has 10 heteroatoms. The first-order chi connectivity index (χ1) is 9.67. The number of H-pyrrole nitrogens is 1. The van der Waals surface area contributed by atoms with E-state index < -0.39 is 37.3 Å². The van der Waals surface area contributed by atoms with E-state index in [-0.39, 0.29) is 13.0 Å². The van der Waals surface area contributed by atoms with Crippen LogP contribution in [0.15, 0.2) is 15.8 Å². The molecule has 2 rings (SSSR count). The molecule has 2 heterocycles. The summed E-state index contributed by atoms with van der Waals surface area (Å²) in [5, 5.41) is 9.87. The molecule has 0 aromatic carbocycles. The normalized spacial score (nSPS) is 28.5. The molecule has 118 valence electrons. The lowest BCUT2D eigenvalue weighted by atomic mass is 10.2. The zero-order valence-electron chi connectivity index (χ0n) is 11.6. The summed E-state index contributed by atoms with van der Waals surface area (Å²) in [6, 6.07) is 0. The van der Waals surface area contributed by atoms with Gasteiger partial charge in [-0.1, -0.05) is 0 Å². The number of nitrogens with zero attached hydrogens (tertiary/aromatic N) is 1. The summed E-state index contributed by atoms with van der Waals surface area (Å²) in [5.41, 5.74) is -0.796. The number of hydrogen-bond donors (Lipinski definition) is 3. The predicted octanol–water partition coefficient (Wildman–Crippen LogP) is -0.675. The van der Waals surface area contributed by atoms with Crippen molar-refractivity contribution < 1.29 is 23.8 Å². The summed E-state index contributed by atoms with van der Waals surface area (Å²) in [5.74, 6) is 0. The molecule has 21 heavy (non-hydrogen) atoms. The average Bonchev–Trinajstić information content (AvgIpc) is 2.72. The first-order valence-corrected chi connectivity index (χ1v) is 8.30. The maximum absolute atomic E-state index is 11.7. The third-order valence-corrected chi connectivity index (χ3v) is 3.77. The van der Waals surface area contributed by atoms with Crippen molar-refractivity contribution in [3.8, 4) is 0 Å². The number of aryl methyl sites for hydroxylation is 1. The largest absolute Gasteiger partial charge is 0.390 e. The van der Waals surface area contributed by atoms with Gasteiger partial charge in [-0.2, -0.15) is 0 Å². The maximum Gasteiger partial charge on any atom is 0.330 e. The Labute approximate surface area is 119 Å². The molecule has 9 nitrogen and oxygen atoms in total. The first-order valence-electron chi connectivity index (χ1n) is 6.28. The highest BCUT2D eigenvalue weighted by molar-refractivity contribution is 7.51. The molecular weight excluding hydrogens is 303 g/mol. The molecule has 0 aliphatic carbocycles. The second-order valence-corrected chi connectivity index (χ2v) is 6.87. The Morgan fingerprint density at radius 2 is 2.24 bits per heavy atom. The van der Waals surface area contributed by atoms with E-state index in [4.69, 9.17) is 14.2 Å². The Hall–Kier alpha value is -1.25. The molecule has 4 atom stereocenters. The molecule has 0 amide bonds. The Morgan fingerprint density at radius 3 is 2.86 bits per heavy atom. The molecule has 3 N–H and O–H groups in total. The number of rotatable bonds is 4. The zero-order chi connectivity index (χ0) is 15.8. The van der Waals surface area contributed by atoms with Crippen molar-refractivity contribution in [3.63, 3.8) is 0 Å². The van der Waals surface area contributed by atoms with E-state index in [2.05, 4.69) is 4.98 Å². The summed E-state index contributed by atoms with van der Waals surface area (Å²) >= 11 is 0. The van der Waals surface area contributed by atoms with Gasteiger partial charge in [0.2, 0.25) is 0 Å². The van der Waals surface area contributed by atoms with Crippen molar-refractivity contribution >= 4 is 7.60 Å². The van der Waals surface area contributed by atoms with E-state index >= 15 is 0 Å². The monoisotopic (exact) mass is 320 g/mol. The molecule has 1 aromatic heterocycles. The number of aliphatic hydroxyl groups excluding tert-OH is 1. The Morgan fingerprint density at radius 1 is 1.57 bits per heavy atom. The van der Waals surface area contributed by atoms with E-state index in [9.17, 15) is 19.3 Å². The predicted molar refractivity (Wildman–Crippen MR) is 72.3 cm³/mol. The second kappa shape index (κ2) is 5.86. The molecule has 1 aliphatic heterocycles. The van der Waals surface area contributed by atoms with Crippen LogP contribution in [0.2, 0.25) is 0 Å². The van der Waals surface area contributed by atoms with Crippen molar-refractivity contribution in [3.05, 3.63) is 32.6 Å². The summed E-state index contributed by atoms with van der Waals surface area (Å²) in [4.78, 5) is 34.3. The molecule has 1 saturated heterocycles. The zero-order valence-corrected chi connectivity index (χ0v) is 12.4. The number of aromatic nitrogens is 2. The summed E-state index contributed by atoms with van der Waals surface area (Å²) < 4.78 is 22.4. The van der Waals surface area contributed by atoms with Gasteiger partial charge < -0.3 is 19.3 Å². The Balaban J connectivity index is 2.14. The van der Waals surface area contributed by atoms with Crippen molar-refractivity contribution in [2.45, 2.75) is 31.8 Å². The van der Waals surface area contributed by atoms with Gasteiger partial charge in [0.05, 0.1) is 12.7 Å². The van der Waals surface area contributed by atoms with E-state index in [0.29, 0.717) is 5.56 Å². The Kier molecular flexibility index (Phi) is 4.50. The van der Waals surface area contributed by atoms with Crippen LogP contribution < -0.4 is 11.2 Å². The van der Waals surface area contributed by atoms with E-state index in [1.165, 1.54) is 10.8 Å². The molecule has 1 fully saturated rings. The van der Waals surface area contributed by atoms with Crippen LogP contribution in [0, 0.1) is 6.92 Å². The minimum Gasteiger partial charge on any atom is -0.390 e. The fourth-order valence-corrected chi connectivity index (χ4v) is 2.47. The quantitative estimate of drug-likeness (QED) is 0.627. The summed E-state index contributed by atoms with van der Waals surface area (Å²) in [6.45, 7) is 2.31. The lowest BCUT2D eigenvalue weighted by molar-refractivity contribution is -0.0422. The lowest BCUT2D eigenvalue weighted by Crippen LogP contribution is -2.33. The van der Waals surface area contributed by atoms with Gasteiger partial charge in [0.25, 0.3) is 5.56 Å². The van der Waals surface area contributed by atoms with Gasteiger partial charge in [0.15, 0.2) is 0 Å². The van der Waals surface area contributed by atoms with Crippen LogP contribution in [0.1, 0.15) is 18.2 Å². The average molecular weight is 320 g/mol. The number of nitrogens with one attached hydrogen (secondary N) is 1. The summed E-state index contributed by atoms with van der Waals surface area (Å²) in [6.07, 6.45) is -1.08. The minimum atomic E-state index is -3.67. The molecule has 1 aliphatic rings. The molecular formula is C11H17N2O7P. The van der Waals surface area contributed by atoms with Crippen LogP contribution in [-0.4, -0.2) is 45.0 Å². The van der Waals surface area contributed by atoms with E-state index in [1.807, 2.05) is 0 Å². The van der Waals surface area contributed by atoms with Crippen molar-refractivity contribution in [1.29, 1.82) is 0 Å². The van der Waals surface area contributed by atoms with Crippen molar-refractivity contribution in [2.75, 3.05) is 13.3 Å². The number of ether oxygens (including phenoxy) is 1. The van der Waals surface area contributed by atoms with Gasteiger partial charge in [-0.25, -0.2) is 4.79 Å². The summed E-state index contributed by atoms with van der Waals surface area (Å²) in [7, 11) is -3.67. The second-order valence-electron chi connectivity index (χ2n) is 5.01. The van der Waals surface area contributed by atoms with Crippen LogP contribution >= 0.6 is 7.60 Å². The van der Waals surface area contributed by atoms with Gasteiger partial charge in [-0.3, -0.25) is 18.9 Å². The van der Waals surface area contributed by atoms with Crippen LogP contribution in [-0.2, 0) is 13.8 Å². The van der Waals surface area contributed by atoms with Crippen LogP contribution in [0.5, 0.6) is 0 Å². The molecule has 1 aromatic rings. The third kappa shape index (κ3) is 3.90. The molecule has 4 unspecified atom stereocenters. The van der Waals surface area contributed by atoms with Crippen molar-refractivity contribution in [2.24, 2.45) is 0 Å². The number of hydrogen-bond acceptors (Lipinski definition) is 6. The van der Waals surface area contributed by atoms with Gasteiger partial charge in [-0.05, 0) is 6.92 Å². The van der Waals surface area contributed by atoms with Crippen molar-refractivity contribution in [1.82, 2.24) is 9.55 Å². The van der Waals surface area contributed by atoms with Gasteiger partial charge in [0, 0.05) is 24.8 Å². The number of aliphatic hydroxyl groups is 1. The fraction of sp³-hybridized carbons (Fsp3) is 0.636. The smallest absolute Gasteiger partial charge is 0.330 e. The van der Waals surface area contributed by atoms with Crippen LogP contribution in [0.3, 0.4) is 0 Å². The maximum atomic E-state index is 11.7. The van der Waals surface area contributed by atoms with Gasteiger partial charge in [-0.15, -0.1) is 0 Å². The fourth-order valence-electron chi connectivity index (χ4n) is 2.05. The van der Waals surface area contributed by atoms with Crippen LogP contribution in [0.4, 0.5) is 0 Å². The lowest BCUT2D eigenvalue weighted by Gasteiger charge is -2.17. The molecule has 0 saturated carbocycles. The van der Waals surface area contributed by atoms with Gasteiger partial charge in [0.1, 0.15) is 12.3 Å². The van der Waals surface area contributed by atoms with E-state index in [0.717, 1.165) is 6.66 Å². The molecule has 0 radical (unpaired) electrons. The van der Waals surface area contributed by atoms with Crippen LogP contribution in [0.25, 0.3) is 0 Å². The van der Waals surface area contributed by atoms with E-state index in [1.54, 1.807) is 6.92 Å². The topological polar surface area (TPSA) is 131 Å². The highest BCUT2D eigenvalue weighted by Gasteiger charge is 2.36. The molecule has 0 bridgehead atoms. The minimum absolute atomic E-state index is 0.110. The standard InChI is InChI=1S/C11H17N2O7P/c1-6-4-13(11(16)12-10(6)15)9-3-7(14)8(20-9)5-19-21(2,17)18/h4,7-9,14H,3,5H2,1-2H3,(H,17,18)(H,12,15,16). The highest BCUT2D eigenvalue weighted by atomic mass is 31.2. The first kappa shape index (κ1) is 16.1. The Bertz CT molecular complexity index is 676. The SMILES string of the molecule is Cc1cn(C2CC(O)C(COP(C)(=O)O)O2)c(=O)[nH]c1=O. The number of aromatic amines is 1. The highest BCUT2D eigenvalue weighted by Crippen LogP contribution is 2.38. The third-order valence-electron chi connectivity index (χ3n) is 3.14. The molecule has 0 spiro atoms.